The minimum atomic E-state index is -2.85. The van der Waals surface area contributed by atoms with Gasteiger partial charge >= 0.3 is 0 Å². The Bertz CT molecular complexity index is 523. The fourth-order valence-corrected chi connectivity index (χ4v) is 2.96. The molecule has 0 spiro atoms. The zero-order valence-corrected chi connectivity index (χ0v) is 12.0. The molecule has 0 radical (unpaired) electrons. The largest absolute Gasteiger partial charge is 0.298 e. The predicted octanol–water partition coefficient (Wildman–Crippen LogP) is 1.65. The average molecular weight is 267 g/mol. The molecule has 2 rings (SSSR count). The second-order valence-corrected chi connectivity index (χ2v) is 7.37. The fraction of sp³-hybridized carbons (Fsp3) is 0.571. The van der Waals surface area contributed by atoms with Crippen LogP contribution in [0.1, 0.15) is 23.6 Å². The first-order chi connectivity index (χ1) is 8.48. The number of rotatable bonds is 4. The molecule has 18 heavy (non-hydrogen) atoms. The van der Waals surface area contributed by atoms with Gasteiger partial charge in [-0.05, 0) is 29.5 Å². The molecule has 0 unspecified atom stereocenters. The molecule has 0 aromatic heterocycles. The van der Waals surface area contributed by atoms with Crippen LogP contribution in [0, 0.1) is 0 Å². The fourth-order valence-electron chi connectivity index (χ4n) is 2.37. The smallest absolute Gasteiger partial charge is 0.148 e. The quantitative estimate of drug-likeness (QED) is 0.832. The van der Waals surface area contributed by atoms with E-state index in [4.69, 9.17) is 0 Å². The summed E-state index contributed by atoms with van der Waals surface area (Å²) in [5, 5.41) is 0. The Labute approximate surface area is 110 Å². The van der Waals surface area contributed by atoms with Crippen molar-refractivity contribution in [3.8, 4) is 0 Å². The number of nitrogens with zero attached hydrogens (tertiary/aromatic N) is 1. The van der Waals surface area contributed by atoms with Gasteiger partial charge in [0.05, 0.1) is 5.75 Å². The number of hydrogen-bond donors (Lipinski definition) is 0. The van der Waals surface area contributed by atoms with Crippen molar-refractivity contribution < 1.29 is 8.42 Å². The first-order valence-electron chi connectivity index (χ1n) is 6.48. The molecule has 0 bridgehead atoms. The van der Waals surface area contributed by atoms with E-state index in [0.717, 1.165) is 25.9 Å². The van der Waals surface area contributed by atoms with Gasteiger partial charge in [0, 0.05) is 25.9 Å². The zero-order valence-electron chi connectivity index (χ0n) is 11.1. The third-order valence-electron chi connectivity index (χ3n) is 3.55. The van der Waals surface area contributed by atoms with Crippen LogP contribution >= 0.6 is 0 Å². The lowest BCUT2D eigenvalue weighted by atomic mass is 9.96. The van der Waals surface area contributed by atoms with E-state index < -0.39 is 9.84 Å². The molecule has 0 aliphatic carbocycles. The van der Waals surface area contributed by atoms with Crippen LogP contribution in [0.4, 0.5) is 0 Å². The van der Waals surface area contributed by atoms with E-state index in [-0.39, 0.29) is 5.75 Å². The topological polar surface area (TPSA) is 37.4 Å². The van der Waals surface area contributed by atoms with Crippen molar-refractivity contribution in [3.05, 3.63) is 34.9 Å². The minimum Gasteiger partial charge on any atom is -0.298 e. The lowest BCUT2D eigenvalue weighted by Crippen LogP contribution is -2.34. The molecule has 100 valence electrons. The van der Waals surface area contributed by atoms with Crippen molar-refractivity contribution in [2.75, 3.05) is 25.1 Å². The first-order valence-corrected chi connectivity index (χ1v) is 8.55. The summed E-state index contributed by atoms with van der Waals surface area (Å²) in [6, 6.07) is 6.67. The summed E-state index contributed by atoms with van der Waals surface area (Å²) in [4.78, 5) is 2.23. The van der Waals surface area contributed by atoms with Crippen molar-refractivity contribution in [1.29, 1.82) is 0 Å². The van der Waals surface area contributed by atoms with Gasteiger partial charge in [-0.2, -0.15) is 0 Å². The van der Waals surface area contributed by atoms with Gasteiger partial charge in [0.15, 0.2) is 0 Å². The van der Waals surface area contributed by atoms with Crippen LogP contribution in [0.5, 0.6) is 0 Å². The zero-order chi connectivity index (χ0) is 13.2. The molecule has 1 aliphatic heterocycles. The van der Waals surface area contributed by atoms with Gasteiger partial charge in [0.1, 0.15) is 9.84 Å². The van der Waals surface area contributed by atoms with E-state index in [1.807, 2.05) is 0 Å². The molecular weight excluding hydrogens is 246 g/mol. The van der Waals surface area contributed by atoms with E-state index in [0.29, 0.717) is 6.54 Å². The van der Waals surface area contributed by atoms with Crippen LogP contribution in [-0.4, -0.2) is 38.4 Å². The van der Waals surface area contributed by atoms with Gasteiger partial charge in [0.25, 0.3) is 0 Å². The van der Waals surface area contributed by atoms with Crippen molar-refractivity contribution in [1.82, 2.24) is 4.90 Å². The minimum absolute atomic E-state index is 0.259. The molecule has 0 saturated heterocycles. The summed E-state index contributed by atoms with van der Waals surface area (Å²) in [7, 11) is -2.85. The molecule has 0 fully saturated rings. The second kappa shape index (κ2) is 5.41. The molecule has 0 saturated carbocycles. The molecule has 0 amide bonds. The number of sulfone groups is 1. The van der Waals surface area contributed by atoms with E-state index in [2.05, 4.69) is 30.0 Å². The Morgan fingerprint density at radius 3 is 2.72 bits per heavy atom. The van der Waals surface area contributed by atoms with Crippen LogP contribution in [0.15, 0.2) is 18.2 Å². The molecule has 1 aromatic carbocycles. The van der Waals surface area contributed by atoms with Crippen LogP contribution in [0.3, 0.4) is 0 Å². The molecule has 0 atom stereocenters. The Kier molecular flexibility index (Phi) is 4.07. The lowest BCUT2D eigenvalue weighted by Gasteiger charge is -2.28. The number of hydrogen-bond acceptors (Lipinski definition) is 3. The van der Waals surface area contributed by atoms with Crippen molar-refractivity contribution in [2.45, 2.75) is 26.3 Å². The second-order valence-electron chi connectivity index (χ2n) is 5.11. The van der Waals surface area contributed by atoms with E-state index in [9.17, 15) is 8.42 Å². The van der Waals surface area contributed by atoms with E-state index in [1.54, 1.807) is 0 Å². The number of aryl methyl sites for hydroxylation is 1. The molecule has 1 heterocycles. The van der Waals surface area contributed by atoms with E-state index in [1.165, 1.54) is 22.9 Å². The summed E-state index contributed by atoms with van der Waals surface area (Å²) in [6.07, 6.45) is 3.41. The van der Waals surface area contributed by atoms with Gasteiger partial charge in [-0.15, -0.1) is 0 Å². The maximum absolute atomic E-state index is 11.2. The van der Waals surface area contributed by atoms with Gasteiger partial charge in [-0.3, -0.25) is 4.90 Å². The molecule has 4 heteroatoms. The maximum Gasteiger partial charge on any atom is 0.148 e. The van der Waals surface area contributed by atoms with Crippen molar-refractivity contribution in [2.24, 2.45) is 0 Å². The molecule has 1 aliphatic rings. The van der Waals surface area contributed by atoms with Gasteiger partial charge < -0.3 is 0 Å². The Morgan fingerprint density at radius 1 is 1.28 bits per heavy atom. The third-order valence-corrected chi connectivity index (χ3v) is 4.47. The number of benzene rings is 1. The van der Waals surface area contributed by atoms with Crippen LogP contribution in [0.2, 0.25) is 0 Å². The van der Waals surface area contributed by atoms with E-state index >= 15 is 0 Å². The monoisotopic (exact) mass is 267 g/mol. The van der Waals surface area contributed by atoms with Crippen LogP contribution in [0.25, 0.3) is 0 Å². The predicted molar refractivity (Wildman–Crippen MR) is 74.5 cm³/mol. The summed E-state index contributed by atoms with van der Waals surface area (Å²) in [5.41, 5.74) is 4.18. The Hall–Kier alpha value is -0.870. The van der Waals surface area contributed by atoms with Gasteiger partial charge in [0.2, 0.25) is 0 Å². The molecule has 3 nitrogen and oxygen atoms in total. The highest BCUT2D eigenvalue weighted by molar-refractivity contribution is 7.90. The molecule has 0 N–H and O–H groups in total. The summed E-state index contributed by atoms with van der Waals surface area (Å²) < 4.78 is 22.4. The summed E-state index contributed by atoms with van der Waals surface area (Å²) in [5.74, 6) is 0.259. The number of fused-ring (bicyclic) bond motifs is 1. The standard InChI is InChI=1S/C14H21NO2S/c1-3-12-4-5-14-11-15(7-6-13(14)10-12)8-9-18(2,16)17/h4-5,10H,3,6-9,11H2,1-2H3. The van der Waals surface area contributed by atoms with Gasteiger partial charge in [-0.1, -0.05) is 25.1 Å². The van der Waals surface area contributed by atoms with Crippen LogP contribution in [-0.2, 0) is 29.2 Å². The third kappa shape index (κ3) is 3.56. The molecule has 1 aromatic rings. The normalized spacial score (nSPS) is 16.6. The van der Waals surface area contributed by atoms with Crippen LogP contribution < -0.4 is 0 Å². The molecular formula is C14H21NO2S. The Morgan fingerprint density at radius 2 is 2.06 bits per heavy atom. The Balaban J connectivity index is 2.02. The lowest BCUT2D eigenvalue weighted by molar-refractivity contribution is 0.269. The average Bonchev–Trinajstić information content (AvgIpc) is 2.34. The maximum atomic E-state index is 11.2. The highest BCUT2D eigenvalue weighted by Crippen LogP contribution is 2.20. The first kappa shape index (κ1) is 13.6. The highest BCUT2D eigenvalue weighted by Gasteiger charge is 2.17. The van der Waals surface area contributed by atoms with Crippen molar-refractivity contribution >= 4 is 9.84 Å². The summed E-state index contributed by atoms with van der Waals surface area (Å²) >= 11 is 0. The summed E-state index contributed by atoms with van der Waals surface area (Å²) in [6.45, 7) is 4.67. The van der Waals surface area contributed by atoms with Crippen molar-refractivity contribution in [3.63, 3.8) is 0 Å². The highest BCUT2D eigenvalue weighted by atomic mass is 32.2. The van der Waals surface area contributed by atoms with Gasteiger partial charge in [-0.25, -0.2) is 8.42 Å². The SMILES string of the molecule is CCc1ccc2c(c1)CCN(CCS(C)(=O)=O)C2.